The molecule has 0 aliphatic rings. The second-order valence-corrected chi connectivity index (χ2v) is 5.42. The molecule has 2 aromatic carbocycles. The molecule has 1 N–H and O–H groups in total. The highest BCUT2D eigenvalue weighted by Gasteiger charge is 2.04. The van der Waals surface area contributed by atoms with E-state index in [1.54, 1.807) is 0 Å². The van der Waals surface area contributed by atoms with E-state index in [2.05, 4.69) is 62.5 Å². The van der Waals surface area contributed by atoms with E-state index in [9.17, 15) is 0 Å². The summed E-state index contributed by atoms with van der Waals surface area (Å²) in [5.41, 5.74) is 3.67. The van der Waals surface area contributed by atoms with E-state index in [-0.39, 0.29) is 0 Å². The summed E-state index contributed by atoms with van der Waals surface area (Å²) in [5.74, 6) is 0.959. The number of aryl methyl sites for hydroxylation is 1. The third-order valence-electron chi connectivity index (χ3n) is 3.19. The molecule has 2 rings (SSSR count). The van der Waals surface area contributed by atoms with Gasteiger partial charge in [0.2, 0.25) is 0 Å². The highest BCUT2D eigenvalue weighted by Crippen LogP contribution is 2.19. The molecule has 106 valence electrons. The van der Waals surface area contributed by atoms with Gasteiger partial charge in [-0.1, -0.05) is 61.9 Å². The first-order chi connectivity index (χ1) is 9.65. The van der Waals surface area contributed by atoms with Crippen molar-refractivity contribution in [3.8, 4) is 5.75 Å². The van der Waals surface area contributed by atoms with Gasteiger partial charge >= 0.3 is 0 Å². The largest absolute Gasteiger partial charge is 0.489 e. The molecule has 0 aromatic heterocycles. The van der Waals surface area contributed by atoms with Gasteiger partial charge in [0.1, 0.15) is 12.4 Å². The van der Waals surface area contributed by atoms with Crippen LogP contribution in [0.3, 0.4) is 0 Å². The van der Waals surface area contributed by atoms with Crippen LogP contribution in [-0.4, -0.2) is 6.04 Å². The van der Waals surface area contributed by atoms with Crippen molar-refractivity contribution in [3.05, 3.63) is 65.2 Å². The SMILES string of the molecule is Cc1ccc(COc2ccccc2CNC(C)C)cc1. The number of rotatable bonds is 6. The molecule has 20 heavy (non-hydrogen) atoms. The molecule has 0 fully saturated rings. The minimum atomic E-state index is 0.472. The minimum absolute atomic E-state index is 0.472. The summed E-state index contributed by atoms with van der Waals surface area (Å²) in [5, 5.41) is 3.43. The van der Waals surface area contributed by atoms with E-state index in [4.69, 9.17) is 4.74 Å². The maximum absolute atomic E-state index is 5.96. The first kappa shape index (κ1) is 14.6. The number of ether oxygens (including phenoxy) is 1. The van der Waals surface area contributed by atoms with Crippen molar-refractivity contribution in [1.29, 1.82) is 0 Å². The highest BCUT2D eigenvalue weighted by atomic mass is 16.5. The van der Waals surface area contributed by atoms with E-state index in [0.717, 1.165) is 12.3 Å². The van der Waals surface area contributed by atoms with Gasteiger partial charge in [0, 0.05) is 18.2 Å². The van der Waals surface area contributed by atoms with Crippen LogP contribution in [0.25, 0.3) is 0 Å². The molecule has 2 aromatic rings. The van der Waals surface area contributed by atoms with Crippen molar-refractivity contribution in [2.45, 2.75) is 40.0 Å². The first-order valence-electron chi connectivity index (χ1n) is 7.15. The summed E-state index contributed by atoms with van der Waals surface area (Å²) in [6.07, 6.45) is 0. The van der Waals surface area contributed by atoms with Crippen LogP contribution in [0.1, 0.15) is 30.5 Å². The zero-order chi connectivity index (χ0) is 14.4. The van der Waals surface area contributed by atoms with Crippen LogP contribution >= 0.6 is 0 Å². The predicted molar refractivity (Wildman–Crippen MR) is 83.9 cm³/mol. The standard InChI is InChI=1S/C18H23NO/c1-14(2)19-12-17-6-4-5-7-18(17)20-13-16-10-8-15(3)9-11-16/h4-11,14,19H,12-13H2,1-3H3. The van der Waals surface area contributed by atoms with Crippen LogP contribution in [-0.2, 0) is 13.2 Å². The average molecular weight is 269 g/mol. The Balaban J connectivity index is 1.99. The van der Waals surface area contributed by atoms with Gasteiger partial charge in [-0.05, 0) is 18.6 Å². The molecule has 0 amide bonds. The third-order valence-corrected chi connectivity index (χ3v) is 3.19. The lowest BCUT2D eigenvalue weighted by atomic mass is 10.1. The van der Waals surface area contributed by atoms with Gasteiger partial charge in [-0.2, -0.15) is 0 Å². The van der Waals surface area contributed by atoms with E-state index in [1.165, 1.54) is 16.7 Å². The van der Waals surface area contributed by atoms with Crippen molar-refractivity contribution < 1.29 is 4.74 Å². The molecule has 0 bridgehead atoms. The zero-order valence-electron chi connectivity index (χ0n) is 12.5. The minimum Gasteiger partial charge on any atom is -0.489 e. The highest BCUT2D eigenvalue weighted by molar-refractivity contribution is 5.33. The molecule has 0 aliphatic heterocycles. The van der Waals surface area contributed by atoms with Crippen molar-refractivity contribution in [1.82, 2.24) is 5.32 Å². The van der Waals surface area contributed by atoms with Crippen LogP contribution in [0.15, 0.2) is 48.5 Å². The van der Waals surface area contributed by atoms with Crippen LogP contribution in [0.5, 0.6) is 5.75 Å². The zero-order valence-corrected chi connectivity index (χ0v) is 12.5. The molecule has 2 nitrogen and oxygen atoms in total. The molecule has 0 unspecified atom stereocenters. The van der Waals surface area contributed by atoms with Crippen LogP contribution in [0, 0.1) is 6.92 Å². The van der Waals surface area contributed by atoms with E-state index in [0.29, 0.717) is 12.6 Å². The molecule has 0 atom stereocenters. The fraction of sp³-hybridized carbons (Fsp3) is 0.333. The Hall–Kier alpha value is -1.80. The van der Waals surface area contributed by atoms with Crippen molar-refractivity contribution in [2.24, 2.45) is 0 Å². The van der Waals surface area contributed by atoms with Gasteiger partial charge in [-0.25, -0.2) is 0 Å². The molecule has 0 spiro atoms. The Kier molecular flexibility index (Phi) is 5.19. The van der Waals surface area contributed by atoms with Crippen molar-refractivity contribution in [2.75, 3.05) is 0 Å². The van der Waals surface area contributed by atoms with Crippen LogP contribution in [0.4, 0.5) is 0 Å². The van der Waals surface area contributed by atoms with E-state index < -0.39 is 0 Å². The smallest absolute Gasteiger partial charge is 0.124 e. The van der Waals surface area contributed by atoms with Gasteiger partial charge in [0.15, 0.2) is 0 Å². The lowest BCUT2D eigenvalue weighted by Gasteiger charge is -2.13. The Morgan fingerprint density at radius 3 is 2.40 bits per heavy atom. The van der Waals surface area contributed by atoms with Gasteiger partial charge in [-0.3, -0.25) is 0 Å². The summed E-state index contributed by atoms with van der Waals surface area (Å²) in [4.78, 5) is 0. The monoisotopic (exact) mass is 269 g/mol. The number of hydrogen-bond donors (Lipinski definition) is 1. The molecule has 0 radical (unpaired) electrons. The first-order valence-corrected chi connectivity index (χ1v) is 7.15. The number of para-hydroxylation sites is 1. The fourth-order valence-electron chi connectivity index (χ4n) is 1.95. The maximum atomic E-state index is 5.96. The second-order valence-electron chi connectivity index (χ2n) is 5.42. The summed E-state index contributed by atoms with van der Waals surface area (Å²) < 4.78 is 5.96. The molecule has 2 heteroatoms. The lowest BCUT2D eigenvalue weighted by Crippen LogP contribution is -2.22. The molecular formula is C18H23NO. The van der Waals surface area contributed by atoms with Gasteiger partial charge < -0.3 is 10.1 Å². The molecule has 0 saturated carbocycles. The normalized spacial score (nSPS) is 10.8. The number of benzene rings is 2. The molecule has 0 heterocycles. The molecule has 0 aliphatic carbocycles. The summed E-state index contributed by atoms with van der Waals surface area (Å²) in [6, 6.07) is 17.1. The maximum Gasteiger partial charge on any atom is 0.124 e. The van der Waals surface area contributed by atoms with Gasteiger partial charge in [0.25, 0.3) is 0 Å². The number of nitrogens with one attached hydrogen (secondary N) is 1. The Bertz CT molecular complexity index is 531. The van der Waals surface area contributed by atoms with E-state index in [1.807, 2.05) is 12.1 Å². The van der Waals surface area contributed by atoms with Gasteiger partial charge in [0.05, 0.1) is 0 Å². The molecular weight excluding hydrogens is 246 g/mol. The molecule has 0 saturated heterocycles. The average Bonchev–Trinajstić information content (AvgIpc) is 2.45. The van der Waals surface area contributed by atoms with Gasteiger partial charge in [-0.15, -0.1) is 0 Å². The van der Waals surface area contributed by atoms with Crippen LogP contribution < -0.4 is 10.1 Å². The van der Waals surface area contributed by atoms with E-state index >= 15 is 0 Å². The Morgan fingerprint density at radius 2 is 1.70 bits per heavy atom. The number of hydrogen-bond acceptors (Lipinski definition) is 2. The topological polar surface area (TPSA) is 21.3 Å². The fourth-order valence-corrected chi connectivity index (χ4v) is 1.95. The lowest BCUT2D eigenvalue weighted by molar-refractivity contribution is 0.302. The van der Waals surface area contributed by atoms with Crippen molar-refractivity contribution in [3.63, 3.8) is 0 Å². The third kappa shape index (κ3) is 4.39. The summed E-state index contributed by atoms with van der Waals surface area (Å²) >= 11 is 0. The second kappa shape index (κ2) is 7.11. The van der Waals surface area contributed by atoms with Crippen LogP contribution in [0.2, 0.25) is 0 Å². The summed E-state index contributed by atoms with van der Waals surface area (Å²) in [6.45, 7) is 7.84. The Labute approximate surface area is 121 Å². The summed E-state index contributed by atoms with van der Waals surface area (Å²) in [7, 11) is 0. The predicted octanol–water partition coefficient (Wildman–Crippen LogP) is 4.07. The Morgan fingerprint density at radius 1 is 1.00 bits per heavy atom. The van der Waals surface area contributed by atoms with Crippen molar-refractivity contribution >= 4 is 0 Å². The quantitative estimate of drug-likeness (QED) is 0.853.